The fourth-order valence-corrected chi connectivity index (χ4v) is 14.2. The van der Waals surface area contributed by atoms with Crippen molar-refractivity contribution in [2.75, 3.05) is 9.80 Å². The number of para-hydroxylation sites is 3. The van der Waals surface area contributed by atoms with Gasteiger partial charge in [0, 0.05) is 33.6 Å². The van der Waals surface area contributed by atoms with E-state index in [9.17, 15) is 0 Å². The highest BCUT2D eigenvalue weighted by Gasteiger charge is 2.62. The highest BCUT2D eigenvalue weighted by atomic mass is 15.2. The van der Waals surface area contributed by atoms with Gasteiger partial charge in [0.1, 0.15) is 0 Å². The van der Waals surface area contributed by atoms with Crippen LogP contribution in [0.25, 0.3) is 22.3 Å². The first-order valence-corrected chi connectivity index (χ1v) is 24.9. The van der Waals surface area contributed by atoms with Crippen LogP contribution in [0.2, 0.25) is 0 Å². The number of rotatable bonds is 8. The minimum absolute atomic E-state index is 0.117. The van der Waals surface area contributed by atoms with Gasteiger partial charge >= 0.3 is 0 Å². The van der Waals surface area contributed by atoms with Crippen LogP contribution in [0.1, 0.15) is 104 Å². The second-order valence-corrected chi connectivity index (χ2v) is 20.6. The monoisotopic (exact) mass is 854 g/mol. The Balaban J connectivity index is 1.02. The van der Waals surface area contributed by atoms with Crippen molar-refractivity contribution >= 4 is 34.1 Å². The van der Waals surface area contributed by atoms with Crippen LogP contribution in [0.15, 0.2) is 188 Å². The minimum Gasteiger partial charge on any atom is -0.310 e. The Morgan fingerprint density at radius 2 is 0.985 bits per heavy atom. The smallest absolute Gasteiger partial charge is 0.0505 e. The van der Waals surface area contributed by atoms with E-state index in [0.29, 0.717) is 17.8 Å². The third-order valence-electron chi connectivity index (χ3n) is 16.9. The largest absolute Gasteiger partial charge is 0.310 e. The molecule has 0 heterocycles. The van der Waals surface area contributed by atoms with E-state index in [0.717, 1.165) is 12.8 Å². The molecule has 2 fully saturated rings. The first-order valence-electron chi connectivity index (χ1n) is 24.9. The minimum atomic E-state index is -0.166. The summed E-state index contributed by atoms with van der Waals surface area (Å²) < 4.78 is 0. The van der Waals surface area contributed by atoms with Gasteiger partial charge in [-0.2, -0.15) is 0 Å². The maximum Gasteiger partial charge on any atom is 0.0505 e. The zero-order chi connectivity index (χ0) is 44.0. The number of nitrogens with zero attached hydrogens (tertiary/aromatic N) is 2. The van der Waals surface area contributed by atoms with Gasteiger partial charge in [0.05, 0.1) is 11.4 Å². The topological polar surface area (TPSA) is 6.48 Å². The Bertz CT molecular complexity index is 3120. The molecule has 2 saturated carbocycles. The molecule has 3 unspecified atom stereocenters. The molecule has 66 heavy (non-hydrogen) atoms. The van der Waals surface area contributed by atoms with E-state index >= 15 is 0 Å². The summed E-state index contributed by atoms with van der Waals surface area (Å²) in [6, 6.07) is 71.9. The summed E-state index contributed by atoms with van der Waals surface area (Å²) in [7, 11) is 0. The molecular formula is C64H58N2. The van der Waals surface area contributed by atoms with E-state index < -0.39 is 0 Å². The van der Waals surface area contributed by atoms with Crippen LogP contribution >= 0.6 is 0 Å². The fourth-order valence-electron chi connectivity index (χ4n) is 14.2. The first kappa shape index (κ1) is 39.7. The van der Waals surface area contributed by atoms with Gasteiger partial charge < -0.3 is 9.80 Å². The van der Waals surface area contributed by atoms with Crippen LogP contribution in [0.5, 0.6) is 0 Å². The third-order valence-corrected chi connectivity index (χ3v) is 16.9. The lowest BCUT2D eigenvalue weighted by Crippen LogP contribution is -2.34. The average Bonchev–Trinajstić information content (AvgIpc) is 4.07. The molecule has 2 nitrogen and oxygen atoms in total. The molecule has 0 saturated heterocycles. The molecule has 13 rings (SSSR count). The van der Waals surface area contributed by atoms with Crippen molar-refractivity contribution < 1.29 is 0 Å². The van der Waals surface area contributed by atoms with Crippen LogP contribution in [0, 0.1) is 11.8 Å². The number of hydrogen-bond donors (Lipinski definition) is 0. The van der Waals surface area contributed by atoms with E-state index in [1.807, 2.05) is 0 Å². The van der Waals surface area contributed by atoms with E-state index in [-0.39, 0.29) is 10.8 Å². The summed E-state index contributed by atoms with van der Waals surface area (Å²) in [5.74, 6) is 1.65. The van der Waals surface area contributed by atoms with Gasteiger partial charge in [0.15, 0.2) is 0 Å². The molecule has 5 aliphatic carbocycles. The summed E-state index contributed by atoms with van der Waals surface area (Å²) >= 11 is 0. The number of fused-ring (bicyclic) bond motifs is 5. The molecule has 2 heteroatoms. The van der Waals surface area contributed by atoms with Crippen molar-refractivity contribution in [1.29, 1.82) is 0 Å². The van der Waals surface area contributed by atoms with Crippen molar-refractivity contribution in [2.45, 2.75) is 88.4 Å². The molecule has 0 aliphatic heterocycles. The highest BCUT2D eigenvalue weighted by Crippen LogP contribution is 2.69. The Morgan fingerprint density at radius 1 is 0.424 bits per heavy atom. The molecule has 0 amide bonds. The Kier molecular flexibility index (Phi) is 9.31. The first-order chi connectivity index (χ1) is 32.5. The van der Waals surface area contributed by atoms with E-state index in [4.69, 9.17) is 0 Å². The molecule has 1 spiro atoms. The lowest BCUT2D eigenvalue weighted by molar-refractivity contribution is 0.350. The Labute approximate surface area is 391 Å². The third kappa shape index (κ3) is 5.86. The molecule has 3 atom stereocenters. The lowest BCUT2D eigenvalue weighted by Gasteiger charge is -2.40. The van der Waals surface area contributed by atoms with Gasteiger partial charge in [-0.25, -0.2) is 0 Å². The second-order valence-electron chi connectivity index (χ2n) is 20.6. The maximum atomic E-state index is 2.69. The zero-order valence-corrected chi connectivity index (χ0v) is 38.4. The molecule has 324 valence electrons. The number of benzene rings is 8. The average molecular weight is 855 g/mol. The molecular weight excluding hydrogens is 797 g/mol. The lowest BCUT2D eigenvalue weighted by atomic mass is 9.68. The van der Waals surface area contributed by atoms with Crippen molar-refractivity contribution in [1.82, 2.24) is 0 Å². The van der Waals surface area contributed by atoms with Gasteiger partial charge in [-0.05, 0) is 172 Å². The molecule has 8 aromatic carbocycles. The summed E-state index contributed by atoms with van der Waals surface area (Å²) in [6.07, 6.45) is 11.3. The van der Waals surface area contributed by atoms with Crippen molar-refractivity contribution in [2.24, 2.45) is 11.8 Å². The van der Waals surface area contributed by atoms with E-state index in [1.165, 1.54) is 124 Å². The SMILES string of the molecule is CC1(C)c2cc(N(c3ccccc3)c3cccc4c3C35c6c(cccc6N(c6ccccc6)c6ccccc6C6CCCCC6)CC3CCC5C4)ccc2-c2c(-c3ccccc3)cccc21. The summed E-state index contributed by atoms with van der Waals surface area (Å²) in [5.41, 5.74) is 23.3. The molecule has 8 aromatic rings. The fraction of sp³-hybridized carbons (Fsp3) is 0.250. The van der Waals surface area contributed by atoms with Crippen LogP contribution in [0.4, 0.5) is 34.1 Å². The second kappa shape index (κ2) is 15.5. The summed E-state index contributed by atoms with van der Waals surface area (Å²) in [5, 5.41) is 0. The van der Waals surface area contributed by atoms with Gasteiger partial charge in [-0.1, -0.05) is 167 Å². The summed E-state index contributed by atoms with van der Waals surface area (Å²) in [4.78, 5) is 5.32. The predicted molar refractivity (Wildman–Crippen MR) is 275 cm³/mol. The number of hydrogen-bond acceptors (Lipinski definition) is 2. The van der Waals surface area contributed by atoms with Crippen LogP contribution in [-0.4, -0.2) is 0 Å². The van der Waals surface area contributed by atoms with Gasteiger partial charge in [0.2, 0.25) is 0 Å². The Morgan fingerprint density at radius 3 is 1.65 bits per heavy atom. The quantitative estimate of drug-likeness (QED) is 0.150. The van der Waals surface area contributed by atoms with Crippen molar-refractivity contribution in [3.63, 3.8) is 0 Å². The van der Waals surface area contributed by atoms with Crippen molar-refractivity contribution in [3.8, 4) is 22.3 Å². The van der Waals surface area contributed by atoms with E-state index in [2.05, 4.69) is 212 Å². The Hall–Kier alpha value is -6.64. The maximum absolute atomic E-state index is 2.69. The van der Waals surface area contributed by atoms with Gasteiger partial charge in [-0.3, -0.25) is 0 Å². The predicted octanol–water partition coefficient (Wildman–Crippen LogP) is 17.1. The number of anilines is 6. The molecule has 0 aromatic heterocycles. The zero-order valence-electron chi connectivity index (χ0n) is 38.4. The molecule has 5 aliphatic rings. The molecule has 0 radical (unpaired) electrons. The molecule has 0 bridgehead atoms. The van der Waals surface area contributed by atoms with Gasteiger partial charge in [0.25, 0.3) is 0 Å². The van der Waals surface area contributed by atoms with Crippen LogP contribution < -0.4 is 9.80 Å². The normalized spacial score (nSPS) is 20.8. The van der Waals surface area contributed by atoms with Crippen LogP contribution in [-0.2, 0) is 23.7 Å². The van der Waals surface area contributed by atoms with Crippen LogP contribution in [0.3, 0.4) is 0 Å². The standard InChI is InChI=1S/C64H58N2/c1-63(2)55-32-19-31-53(44-22-9-4-10-23-44)60(55)54-39-38-51(42-56(54)63)65(49-26-11-5-12-27-49)58-34-17-24-45-40-47-36-37-48-41-46-25-18-35-59(62(46)64(47,48)61(45)58)66(50-28-13-6-14-29-50)57-33-16-15-30-52(57)43-20-7-3-8-21-43/h4-6,9-19,22-35,38-39,42-43,47-48H,3,7-8,20-21,36-37,40-41H2,1-2H3. The van der Waals surface area contributed by atoms with E-state index in [1.54, 1.807) is 16.7 Å². The van der Waals surface area contributed by atoms with Crippen molar-refractivity contribution in [3.05, 3.63) is 227 Å². The highest BCUT2D eigenvalue weighted by molar-refractivity contribution is 5.95. The van der Waals surface area contributed by atoms with Gasteiger partial charge in [-0.15, -0.1) is 0 Å². The summed E-state index contributed by atoms with van der Waals surface area (Å²) in [6.45, 7) is 4.86. The molecule has 0 N–H and O–H groups in total.